The van der Waals surface area contributed by atoms with Crippen molar-refractivity contribution in [2.45, 2.75) is 32.6 Å². The molecule has 1 atom stereocenters. The second-order valence-corrected chi connectivity index (χ2v) is 7.42. The molecular weight excluding hydrogens is 355 g/mol. The summed E-state index contributed by atoms with van der Waals surface area (Å²) in [5, 5.41) is 12.2. The molecule has 1 N–H and O–H groups in total. The van der Waals surface area contributed by atoms with Crippen molar-refractivity contribution in [2.24, 2.45) is 5.92 Å². The normalized spacial score (nSPS) is 16.9. The topological polar surface area (TPSA) is 75.2 Å². The number of halogens is 1. The van der Waals surface area contributed by atoms with Crippen LogP contribution in [0.3, 0.4) is 0 Å². The maximum absolute atomic E-state index is 12.9. The van der Waals surface area contributed by atoms with Gasteiger partial charge >= 0.3 is 0 Å². The molecule has 0 saturated carbocycles. The minimum atomic E-state index is -0.380. The third kappa shape index (κ3) is 4.63. The monoisotopic (exact) mass is 376 g/mol. The van der Waals surface area contributed by atoms with Crippen molar-refractivity contribution in [3.8, 4) is 0 Å². The number of hydrogen-bond acceptors (Lipinski definition) is 5. The van der Waals surface area contributed by atoms with E-state index in [0.717, 1.165) is 23.4 Å². The minimum absolute atomic E-state index is 0.0313. The average molecular weight is 376 g/mol. The van der Waals surface area contributed by atoms with Crippen molar-refractivity contribution >= 4 is 28.3 Å². The highest BCUT2D eigenvalue weighted by molar-refractivity contribution is 7.15. The fourth-order valence-electron chi connectivity index (χ4n) is 2.91. The zero-order valence-corrected chi connectivity index (χ0v) is 15.4. The molecule has 2 heterocycles. The third-order valence-corrected chi connectivity index (χ3v) is 5.23. The summed E-state index contributed by atoms with van der Waals surface area (Å²) < 4.78 is 12.9. The van der Waals surface area contributed by atoms with E-state index in [1.54, 1.807) is 17.0 Å². The van der Waals surface area contributed by atoms with Crippen LogP contribution in [0.15, 0.2) is 24.3 Å². The van der Waals surface area contributed by atoms with Gasteiger partial charge in [-0.2, -0.15) is 0 Å². The molecule has 2 amide bonds. The molecule has 0 bridgehead atoms. The van der Waals surface area contributed by atoms with Gasteiger partial charge in [0.2, 0.25) is 16.9 Å². The summed E-state index contributed by atoms with van der Waals surface area (Å²) in [6.07, 6.45) is 2.66. The van der Waals surface area contributed by atoms with Gasteiger partial charge in [0.25, 0.3) is 0 Å². The van der Waals surface area contributed by atoms with E-state index in [-0.39, 0.29) is 30.0 Å². The molecule has 1 fully saturated rings. The Balaban J connectivity index is 1.51. The molecule has 0 radical (unpaired) electrons. The lowest BCUT2D eigenvalue weighted by Crippen LogP contribution is -2.30. The predicted octanol–water partition coefficient (Wildman–Crippen LogP) is 2.66. The fraction of sp³-hybridized carbons (Fsp3) is 0.444. The summed E-state index contributed by atoms with van der Waals surface area (Å²) in [6.45, 7) is 2.98. The summed E-state index contributed by atoms with van der Waals surface area (Å²) in [5.74, 6) is -0.881. The van der Waals surface area contributed by atoms with Crippen LogP contribution in [0.4, 0.5) is 9.52 Å². The van der Waals surface area contributed by atoms with Crippen molar-refractivity contribution in [1.82, 2.24) is 15.1 Å². The number of carbonyl (C=O) groups is 2. The van der Waals surface area contributed by atoms with Gasteiger partial charge in [-0.3, -0.25) is 9.59 Å². The van der Waals surface area contributed by atoms with Crippen molar-refractivity contribution in [1.29, 1.82) is 0 Å². The molecule has 1 aromatic carbocycles. The van der Waals surface area contributed by atoms with E-state index in [0.29, 0.717) is 24.6 Å². The van der Waals surface area contributed by atoms with Gasteiger partial charge in [0.1, 0.15) is 10.8 Å². The first-order chi connectivity index (χ1) is 12.5. The summed E-state index contributed by atoms with van der Waals surface area (Å²) in [7, 11) is 0. The summed E-state index contributed by atoms with van der Waals surface area (Å²) in [5.41, 5.74) is 0.962. The highest BCUT2D eigenvalue weighted by Crippen LogP contribution is 2.22. The third-order valence-electron chi connectivity index (χ3n) is 4.33. The molecule has 3 rings (SSSR count). The Hall–Kier alpha value is -2.35. The summed E-state index contributed by atoms with van der Waals surface area (Å²) in [6, 6.07) is 6.24. The van der Waals surface area contributed by atoms with Gasteiger partial charge in [-0.25, -0.2) is 4.39 Å². The van der Waals surface area contributed by atoms with E-state index in [1.165, 1.54) is 23.5 Å². The summed E-state index contributed by atoms with van der Waals surface area (Å²) in [4.78, 5) is 26.2. The van der Waals surface area contributed by atoms with Crippen molar-refractivity contribution in [3.63, 3.8) is 0 Å². The second kappa shape index (κ2) is 8.35. The Morgan fingerprint density at radius 2 is 2.08 bits per heavy atom. The van der Waals surface area contributed by atoms with Crippen LogP contribution in [0.5, 0.6) is 0 Å². The predicted molar refractivity (Wildman–Crippen MR) is 97.3 cm³/mol. The molecule has 8 heteroatoms. The Kier molecular flexibility index (Phi) is 5.92. The first kappa shape index (κ1) is 18.4. The largest absolute Gasteiger partial charge is 0.342 e. The van der Waals surface area contributed by atoms with Crippen LogP contribution in [-0.4, -0.2) is 40.0 Å². The molecule has 1 aliphatic rings. The van der Waals surface area contributed by atoms with Gasteiger partial charge in [-0.05, 0) is 30.5 Å². The smallest absolute Gasteiger partial charge is 0.231 e. The number of aryl methyl sites for hydroxylation is 1. The number of carbonyl (C=O) groups excluding carboxylic acids is 2. The Morgan fingerprint density at radius 1 is 1.31 bits per heavy atom. The average Bonchev–Trinajstić information content (AvgIpc) is 3.21. The highest BCUT2D eigenvalue weighted by atomic mass is 32.1. The van der Waals surface area contributed by atoms with E-state index in [2.05, 4.69) is 22.4 Å². The van der Waals surface area contributed by atoms with E-state index >= 15 is 0 Å². The van der Waals surface area contributed by atoms with Crippen LogP contribution < -0.4 is 5.32 Å². The number of nitrogens with one attached hydrogen (secondary N) is 1. The molecule has 1 saturated heterocycles. The number of rotatable bonds is 7. The highest BCUT2D eigenvalue weighted by Gasteiger charge is 2.34. The van der Waals surface area contributed by atoms with Crippen molar-refractivity contribution < 1.29 is 14.0 Å². The van der Waals surface area contributed by atoms with Gasteiger partial charge in [-0.1, -0.05) is 30.4 Å². The molecular formula is C18H21FN4O2S. The van der Waals surface area contributed by atoms with E-state index in [1.807, 2.05) is 0 Å². The number of amides is 2. The van der Waals surface area contributed by atoms with Crippen molar-refractivity contribution in [2.75, 3.05) is 18.4 Å². The van der Waals surface area contributed by atoms with Gasteiger partial charge in [0.05, 0.1) is 5.92 Å². The molecule has 0 unspecified atom stereocenters. The number of benzene rings is 1. The number of likely N-dealkylation sites (tertiary alicyclic amines) is 1. The zero-order valence-electron chi connectivity index (χ0n) is 14.6. The standard InChI is InChI=1S/C18H21FN4O2S/c1-2-3-15-21-22-18(26-15)20-17(25)13-10-16(24)23(11-13)9-8-12-4-6-14(19)7-5-12/h4-7,13H,2-3,8-11H2,1H3,(H,20,22,25)/t13-/m0/s1. The molecule has 0 aliphatic carbocycles. The minimum Gasteiger partial charge on any atom is -0.342 e. The number of aromatic nitrogens is 2. The maximum Gasteiger partial charge on any atom is 0.231 e. The van der Waals surface area contributed by atoms with Gasteiger partial charge < -0.3 is 10.2 Å². The SMILES string of the molecule is CCCc1nnc(NC(=O)[C@H]2CC(=O)N(CCc3ccc(F)cc3)C2)s1. The van der Waals surface area contributed by atoms with E-state index in [4.69, 9.17) is 0 Å². The molecule has 6 nitrogen and oxygen atoms in total. The van der Waals surface area contributed by atoms with Crippen molar-refractivity contribution in [3.05, 3.63) is 40.7 Å². The maximum atomic E-state index is 12.9. The lowest BCUT2D eigenvalue weighted by atomic mass is 10.1. The fourth-order valence-corrected chi connectivity index (χ4v) is 3.75. The lowest BCUT2D eigenvalue weighted by Gasteiger charge is -2.16. The number of hydrogen-bond donors (Lipinski definition) is 1. The summed E-state index contributed by atoms with van der Waals surface area (Å²) >= 11 is 1.37. The molecule has 1 aliphatic heterocycles. The van der Waals surface area contributed by atoms with Crippen LogP contribution in [0, 0.1) is 11.7 Å². The quantitative estimate of drug-likeness (QED) is 0.806. The van der Waals surface area contributed by atoms with Gasteiger partial charge in [-0.15, -0.1) is 10.2 Å². The second-order valence-electron chi connectivity index (χ2n) is 6.36. The first-order valence-electron chi connectivity index (χ1n) is 8.70. The van der Waals surface area contributed by atoms with Crippen LogP contribution in [-0.2, 0) is 22.4 Å². The number of nitrogens with zero attached hydrogens (tertiary/aromatic N) is 3. The van der Waals surface area contributed by atoms with Crippen LogP contribution in [0.2, 0.25) is 0 Å². The Morgan fingerprint density at radius 3 is 2.81 bits per heavy atom. The molecule has 0 spiro atoms. The molecule has 2 aromatic rings. The number of anilines is 1. The Bertz CT molecular complexity index is 778. The molecule has 1 aromatic heterocycles. The molecule has 26 heavy (non-hydrogen) atoms. The van der Waals surface area contributed by atoms with Gasteiger partial charge in [0, 0.05) is 25.9 Å². The Labute approximate surface area is 155 Å². The van der Waals surface area contributed by atoms with E-state index < -0.39 is 0 Å². The van der Waals surface area contributed by atoms with Crippen LogP contribution >= 0.6 is 11.3 Å². The van der Waals surface area contributed by atoms with Crippen LogP contribution in [0.25, 0.3) is 0 Å². The molecule has 138 valence electrons. The van der Waals surface area contributed by atoms with E-state index in [9.17, 15) is 14.0 Å². The van der Waals surface area contributed by atoms with Gasteiger partial charge in [0.15, 0.2) is 0 Å². The lowest BCUT2D eigenvalue weighted by molar-refractivity contribution is -0.128. The first-order valence-corrected chi connectivity index (χ1v) is 9.52. The van der Waals surface area contributed by atoms with Crippen LogP contribution in [0.1, 0.15) is 30.3 Å². The zero-order chi connectivity index (χ0) is 18.5.